The van der Waals surface area contributed by atoms with Crippen molar-refractivity contribution < 1.29 is 15.0 Å². The highest BCUT2D eigenvalue weighted by molar-refractivity contribution is 5.90. The van der Waals surface area contributed by atoms with Gasteiger partial charge in [0, 0.05) is 18.5 Å². The molecule has 0 spiro atoms. The van der Waals surface area contributed by atoms with E-state index >= 15 is 0 Å². The maximum absolute atomic E-state index is 11.9. The number of likely N-dealkylation sites (tertiary alicyclic amines) is 1. The second kappa shape index (κ2) is 4.71. The number of benzene rings is 2. The minimum atomic E-state index is -0.199. The van der Waals surface area contributed by atoms with E-state index in [4.69, 9.17) is 0 Å². The van der Waals surface area contributed by atoms with E-state index in [0.29, 0.717) is 18.5 Å². The second-order valence-electron chi connectivity index (χ2n) is 5.27. The van der Waals surface area contributed by atoms with Gasteiger partial charge in [0.2, 0.25) is 5.91 Å². The first-order valence-electron chi connectivity index (χ1n) is 6.82. The summed E-state index contributed by atoms with van der Waals surface area (Å²) in [4.78, 5) is 13.7. The molecule has 1 aliphatic rings. The molecule has 1 atom stereocenters. The standard InChI is InChI=1S/C16H17NO3/c1-10(17-8-2-3-15(17)20)16-13-9-12(18)6-4-11(13)5-7-14(16)19/h4-7,9-10,18-19H,2-3,8H2,1H3. The molecule has 104 valence electrons. The largest absolute Gasteiger partial charge is 0.508 e. The van der Waals surface area contributed by atoms with Gasteiger partial charge < -0.3 is 15.1 Å². The Morgan fingerprint density at radius 1 is 1.20 bits per heavy atom. The number of carbonyl (C=O) groups is 1. The summed E-state index contributed by atoms with van der Waals surface area (Å²) in [5, 5.41) is 21.6. The van der Waals surface area contributed by atoms with Gasteiger partial charge in [-0.3, -0.25) is 4.79 Å². The van der Waals surface area contributed by atoms with E-state index in [1.54, 1.807) is 23.1 Å². The lowest BCUT2D eigenvalue weighted by Crippen LogP contribution is -2.28. The topological polar surface area (TPSA) is 60.8 Å². The molecule has 1 saturated heterocycles. The zero-order valence-electron chi connectivity index (χ0n) is 11.3. The van der Waals surface area contributed by atoms with Crippen LogP contribution in [0.3, 0.4) is 0 Å². The van der Waals surface area contributed by atoms with Crippen LogP contribution in [-0.4, -0.2) is 27.6 Å². The van der Waals surface area contributed by atoms with Crippen LogP contribution in [0, 0.1) is 0 Å². The van der Waals surface area contributed by atoms with Gasteiger partial charge in [0.1, 0.15) is 11.5 Å². The molecular weight excluding hydrogens is 254 g/mol. The van der Waals surface area contributed by atoms with Crippen LogP contribution in [-0.2, 0) is 4.79 Å². The van der Waals surface area contributed by atoms with Crippen molar-refractivity contribution in [1.29, 1.82) is 0 Å². The summed E-state index contributed by atoms with van der Waals surface area (Å²) in [6, 6.07) is 8.33. The number of phenolic OH excluding ortho intramolecular Hbond substituents is 2. The van der Waals surface area contributed by atoms with E-state index in [0.717, 1.165) is 17.2 Å². The molecule has 1 fully saturated rings. The number of hydrogen-bond donors (Lipinski definition) is 2. The predicted octanol–water partition coefficient (Wildman–Crippen LogP) is 2.93. The van der Waals surface area contributed by atoms with Crippen molar-refractivity contribution in [3.8, 4) is 11.5 Å². The Labute approximate surface area is 117 Å². The number of amides is 1. The number of aromatic hydroxyl groups is 2. The zero-order valence-corrected chi connectivity index (χ0v) is 11.3. The van der Waals surface area contributed by atoms with Crippen molar-refractivity contribution in [2.45, 2.75) is 25.8 Å². The zero-order chi connectivity index (χ0) is 14.3. The van der Waals surface area contributed by atoms with E-state index in [-0.39, 0.29) is 23.4 Å². The number of hydrogen-bond acceptors (Lipinski definition) is 3. The Bertz CT molecular complexity index is 675. The van der Waals surface area contributed by atoms with E-state index in [1.807, 2.05) is 19.1 Å². The maximum atomic E-state index is 11.9. The first kappa shape index (κ1) is 12.8. The molecule has 0 bridgehead atoms. The molecule has 4 nitrogen and oxygen atoms in total. The monoisotopic (exact) mass is 271 g/mol. The van der Waals surface area contributed by atoms with Crippen molar-refractivity contribution in [2.75, 3.05) is 6.54 Å². The van der Waals surface area contributed by atoms with Crippen LogP contribution >= 0.6 is 0 Å². The lowest BCUT2D eigenvalue weighted by atomic mass is 9.97. The van der Waals surface area contributed by atoms with Crippen molar-refractivity contribution in [1.82, 2.24) is 4.90 Å². The van der Waals surface area contributed by atoms with E-state index in [1.165, 1.54) is 0 Å². The fraction of sp³-hybridized carbons (Fsp3) is 0.312. The number of nitrogens with zero attached hydrogens (tertiary/aromatic N) is 1. The third-order valence-electron chi connectivity index (χ3n) is 4.02. The molecule has 2 aromatic rings. The molecule has 1 heterocycles. The Morgan fingerprint density at radius 3 is 2.65 bits per heavy atom. The van der Waals surface area contributed by atoms with Crippen LogP contribution in [0.1, 0.15) is 31.4 Å². The van der Waals surface area contributed by atoms with Crippen molar-refractivity contribution in [3.63, 3.8) is 0 Å². The number of rotatable bonds is 2. The van der Waals surface area contributed by atoms with Gasteiger partial charge in [-0.15, -0.1) is 0 Å². The molecule has 4 heteroatoms. The molecule has 2 aromatic carbocycles. The van der Waals surface area contributed by atoms with Crippen molar-refractivity contribution in [2.24, 2.45) is 0 Å². The first-order valence-corrected chi connectivity index (χ1v) is 6.82. The van der Waals surface area contributed by atoms with Gasteiger partial charge in [0.15, 0.2) is 0 Å². The maximum Gasteiger partial charge on any atom is 0.223 e. The van der Waals surface area contributed by atoms with Gasteiger partial charge >= 0.3 is 0 Å². The first-order chi connectivity index (χ1) is 9.58. The quantitative estimate of drug-likeness (QED) is 0.882. The highest BCUT2D eigenvalue weighted by Gasteiger charge is 2.28. The third kappa shape index (κ3) is 1.97. The van der Waals surface area contributed by atoms with E-state index in [9.17, 15) is 15.0 Å². The Balaban J connectivity index is 2.16. The fourth-order valence-corrected chi connectivity index (χ4v) is 2.99. The van der Waals surface area contributed by atoms with Crippen LogP contribution in [0.25, 0.3) is 10.8 Å². The Morgan fingerprint density at radius 2 is 1.95 bits per heavy atom. The van der Waals surface area contributed by atoms with Gasteiger partial charge in [-0.25, -0.2) is 0 Å². The molecule has 3 rings (SSSR count). The summed E-state index contributed by atoms with van der Waals surface area (Å²) >= 11 is 0. The van der Waals surface area contributed by atoms with Gasteiger partial charge in [-0.1, -0.05) is 12.1 Å². The summed E-state index contributed by atoms with van der Waals surface area (Å²) in [5.41, 5.74) is 0.702. The highest BCUT2D eigenvalue weighted by Crippen LogP contribution is 2.37. The second-order valence-corrected chi connectivity index (χ2v) is 5.27. The van der Waals surface area contributed by atoms with Crippen LogP contribution in [0.15, 0.2) is 30.3 Å². The van der Waals surface area contributed by atoms with Crippen molar-refractivity contribution in [3.05, 3.63) is 35.9 Å². The lowest BCUT2D eigenvalue weighted by molar-refractivity contribution is -0.129. The molecule has 0 saturated carbocycles. The number of phenols is 2. The summed E-state index contributed by atoms with van der Waals surface area (Å²) < 4.78 is 0. The normalized spacial score (nSPS) is 16.9. The Kier molecular flexibility index (Phi) is 3.01. The minimum absolute atomic E-state index is 0.119. The van der Waals surface area contributed by atoms with Crippen LogP contribution < -0.4 is 0 Å². The minimum Gasteiger partial charge on any atom is -0.508 e. The van der Waals surface area contributed by atoms with E-state index in [2.05, 4.69) is 0 Å². The molecule has 1 amide bonds. The smallest absolute Gasteiger partial charge is 0.223 e. The van der Waals surface area contributed by atoms with Crippen molar-refractivity contribution >= 4 is 16.7 Å². The average molecular weight is 271 g/mol. The molecule has 20 heavy (non-hydrogen) atoms. The summed E-state index contributed by atoms with van der Waals surface area (Å²) in [5.74, 6) is 0.439. The predicted molar refractivity (Wildman–Crippen MR) is 76.6 cm³/mol. The highest BCUT2D eigenvalue weighted by atomic mass is 16.3. The van der Waals surface area contributed by atoms with Gasteiger partial charge in [-0.2, -0.15) is 0 Å². The molecule has 0 aromatic heterocycles. The molecule has 2 N–H and O–H groups in total. The molecule has 1 unspecified atom stereocenters. The van der Waals surface area contributed by atoms with Gasteiger partial charge in [0.25, 0.3) is 0 Å². The molecule has 0 radical (unpaired) electrons. The lowest BCUT2D eigenvalue weighted by Gasteiger charge is -2.26. The van der Waals surface area contributed by atoms with Crippen LogP contribution in [0.2, 0.25) is 0 Å². The molecular formula is C16H17NO3. The van der Waals surface area contributed by atoms with Crippen LogP contribution in [0.5, 0.6) is 11.5 Å². The SMILES string of the molecule is CC(c1c(O)ccc2ccc(O)cc12)N1CCCC1=O. The summed E-state index contributed by atoms with van der Waals surface area (Å²) in [6.45, 7) is 2.64. The fourth-order valence-electron chi connectivity index (χ4n) is 2.99. The van der Waals surface area contributed by atoms with Gasteiger partial charge in [-0.05, 0) is 42.3 Å². The molecule has 1 aliphatic heterocycles. The van der Waals surface area contributed by atoms with Crippen LogP contribution in [0.4, 0.5) is 0 Å². The van der Waals surface area contributed by atoms with E-state index < -0.39 is 0 Å². The third-order valence-corrected chi connectivity index (χ3v) is 4.02. The number of carbonyl (C=O) groups excluding carboxylic acids is 1. The summed E-state index contributed by atoms with van der Waals surface area (Å²) in [6.07, 6.45) is 1.43. The Hall–Kier alpha value is -2.23. The summed E-state index contributed by atoms with van der Waals surface area (Å²) in [7, 11) is 0. The molecule has 0 aliphatic carbocycles. The van der Waals surface area contributed by atoms with Gasteiger partial charge in [0.05, 0.1) is 6.04 Å². The average Bonchev–Trinajstić information content (AvgIpc) is 2.84. The number of fused-ring (bicyclic) bond motifs is 1.